The van der Waals surface area contributed by atoms with Crippen molar-refractivity contribution < 1.29 is 23.1 Å². The monoisotopic (exact) mass is 383 g/mol. The number of hydrogen-bond acceptors (Lipinski definition) is 3. The van der Waals surface area contributed by atoms with E-state index in [0.717, 1.165) is 11.6 Å². The topological polar surface area (TPSA) is 102 Å². The lowest BCUT2D eigenvalue weighted by Crippen LogP contribution is -2.41. The number of carbonyl (C=O) groups excluding carboxylic acids is 1. The summed E-state index contributed by atoms with van der Waals surface area (Å²) in [6, 6.07) is 9.64. The number of alkyl halides is 3. The zero-order valence-electron chi connectivity index (χ0n) is 14.8. The number of hydrogen-bond donors (Lipinski definition) is 4. The number of rotatable bonds is 5. The van der Waals surface area contributed by atoms with Crippen LogP contribution in [0, 0.1) is 0 Å². The first kappa shape index (κ1) is 20.4. The molecule has 0 spiro atoms. The second kappa shape index (κ2) is 8.21. The van der Waals surface area contributed by atoms with Gasteiger partial charge in [-0.2, -0.15) is 23.3 Å². The first-order valence-electron chi connectivity index (χ1n) is 8.04. The van der Waals surface area contributed by atoms with Crippen LogP contribution in [0.2, 0.25) is 0 Å². The van der Waals surface area contributed by atoms with Crippen molar-refractivity contribution in [2.45, 2.75) is 32.0 Å². The molecule has 0 aliphatic heterocycles. The Hall–Kier alpha value is -2.88. The summed E-state index contributed by atoms with van der Waals surface area (Å²) in [7, 11) is 0. The number of aromatic amines is 1. The SMILES string of the molecule is CC(C)(O)CN/C(=N/C(=O)Cc1ccccc1)Nc1cc(C(F)(F)F)[nH]n1. The number of nitrogens with zero attached hydrogens (tertiary/aromatic N) is 2. The molecule has 1 aromatic carbocycles. The maximum Gasteiger partial charge on any atom is 0.432 e. The summed E-state index contributed by atoms with van der Waals surface area (Å²) in [6.07, 6.45) is -4.56. The molecule has 0 unspecified atom stereocenters. The number of aliphatic hydroxyl groups is 1. The number of benzene rings is 1. The standard InChI is InChI=1S/C17H20F3N5O2/c1-16(2,27)10-21-15(22-13-9-12(24-25-13)17(18,19)20)23-14(26)8-11-6-4-3-5-7-11/h3-7,9,27H,8,10H2,1-2H3,(H3,21,22,23,24,25,26). The molecule has 0 saturated heterocycles. The third-order valence-corrected chi connectivity index (χ3v) is 3.25. The summed E-state index contributed by atoms with van der Waals surface area (Å²) >= 11 is 0. The van der Waals surface area contributed by atoms with Gasteiger partial charge in [0.05, 0.1) is 12.0 Å². The van der Waals surface area contributed by atoms with Gasteiger partial charge in [-0.05, 0) is 19.4 Å². The molecule has 7 nitrogen and oxygen atoms in total. The lowest BCUT2D eigenvalue weighted by Gasteiger charge is -2.19. The molecule has 1 aromatic heterocycles. The molecule has 27 heavy (non-hydrogen) atoms. The molecule has 1 amide bonds. The van der Waals surface area contributed by atoms with Crippen LogP contribution in [0.3, 0.4) is 0 Å². The molecule has 146 valence electrons. The Morgan fingerprint density at radius 3 is 2.48 bits per heavy atom. The fourth-order valence-electron chi connectivity index (χ4n) is 2.00. The Morgan fingerprint density at radius 1 is 1.26 bits per heavy atom. The van der Waals surface area contributed by atoms with Gasteiger partial charge in [-0.1, -0.05) is 30.3 Å². The predicted molar refractivity (Wildman–Crippen MR) is 94.1 cm³/mol. The van der Waals surface area contributed by atoms with Crippen LogP contribution in [0.5, 0.6) is 0 Å². The number of H-pyrrole nitrogens is 1. The van der Waals surface area contributed by atoms with Crippen LogP contribution in [0.15, 0.2) is 41.4 Å². The Balaban J connectivity index is 2.14. The maximum atomic E-state index is 12.7. The highest BCUT2D eigenvalue weighted by atomic mass is 19.4. The average Bonchev–Trinajstić information content (AvgIpc) is 3.01. The minimum absolute atomic E-state index is 0.00794. The number of carbonyl (C=O) groups is 1. The number of halogens is 3. The molecule has 0 saturated carbocycles. The van der Waals surface area contributed by atoms with Gasteiger partial charge >= 0.3 is 6.18 Å². The third kappa shape index (κ3) is 7.10. The summed E-state index contributed by atoms with van der Waals surface area (Å²) in [6.45, 7) is 3.06. The summed E-state index contributed by atoms with van der Waals surface area (Å²) in [5.41, 5.74) is -1.43. The molecule has 2 aromatic rings. The van der Waals surface area contributed by atoms with Gasteiger partial charge in [0.15, 0.2) is 5.82 Å². The van der Waals surface area contributed by atoms with E-state index in [1.165, 1.54) is 13.8 Å². The van der Waals surface area contributed by atoms with Crippen molar-refractivity contribution in [1.82, 2.24) is 15.5 Å². The van der Waals surface area contributed by atoms with E-state index in [1.54, 1.807) is 24.3 Å². The van der Waals surface area contributed by atoms with Crippen LogP contribution in [0.25, 0.3) is 0 Å². The average molecular weight is 383 g/mol. The number of amides is 1. The first-order chi connectivity index (χ1) is 12.5. The molecule has 0 aliphatic carbocycles. The van der Waals surface area contributed by atoms with Crippen molar-refractivity contribution in [2.75, 3.05) is 11.9 Å². The highest BCUT2D eigenvalue weighted by Gasteiger charge is 2.33. The minimum Gasteiger partial charge on any atom is -0.389 e. The normalized spacial score (nSPS) is 12.7. The predicted octanol–water partition coefficient (Wildman–Crippen LogP) is 2.33. The minimum atomic E-state index is -4.58. The summed E-state index contributed by atoms with van der Waals surface area (Å²) in [4.78, 5) is 16.0. The van der Waals surface area contributed by atoms with Crippen molar-refractivity contribution in [3.8, 4) is 0 Å². The number of anilines is 1. The zero-order valence-corrected chi connectivity index (χ0v) is 14.8. The van der Waals surface area contributed by atoms with E-state index in [9.17, 15) is 23.1 Å². The molecular weight excluding hydrogens is 363 g/mol. The molecule has 10 heteroatoms. The van der Waals surface area contributed by atoms with Crippen LogP contribution in [0.1, 0.15) is 25.1 Å². The molecule has 0 radical (unpaired) electrons. The van der Waals surface area contributed by atoms with Crippen molar-refractivity contribution in [3.63, 3.8) is 0 Å². The van der Waals surface area contributed by atoms with Crippen LogP contribution in [0.4, 0.5) is 19.0 Å². The Morgan fingerprint density at radius 2 is 1.93 bits per heavy atom. The van der Waals surface area contributed by atoms with Crippen LogP contribution >= 0.6 is 0 Å². The van der Waals surface area contributed by atoms with Crippen molar-refractivity contribution >= 4 is 17.7 Å². The quantitative estimate of drug-likeness (QED) is 0.469. The van der Waals surface area contributed by atoms with Gasteiger partial charge < -0.3 is 15.7 Å². The highest BCUT2D eigenvalue weighted by Crippen LogP contribution is 2.28. The Kier molecular flexibility index (Phi) is 6.21. The molecule has 0 atom stereocenters. The molecule has 1 heterocycles. The molecule has 0 bridgehead atoms. The van der Waals surface area contributed by atoms with Gasteiger partial charge in [0, 0.05) is 12.6 Å². The van der Waals surface area contributed by atoms with Crippen LogP contribution < -0.4 is 10.6 Å². The second-order valence-corrected chi connectivity index (χ2v) is 6.47. The number of aromatic nitrogens is 2. The van der Waals surface area contributed by atoms with Crippen molar-refractivity contribution in [3.05, 3.63) is 47.7 Å². The van der Waals surface area contributed by atoms with Gasteiger partial charge in [-0.15, -0.1) is 0 Å². The Labute approximate surface area is 153 Å². The number of guanidine groups is 1. The molecule has 4 N–H and O–H groups in total. The molecule has 2 rings (SSSR count). The number of aliphatic imine (C=N–C) groups is 1. The fourth-order valence-corrected chi connectivity index (χ4v) is 2.00. The van der Waals surface area contributed by atoms with Gasteiger partial charge in [-0.3, -0.25) is 9.89 Å². The summed E-state index contributed by atoms with van der Waals surface area (Å²) < 4.78 is 38.0. The van der Waals surface area contributed by atoms with Gasteiger partial charge in [0.2, 0.25) is 5.96 Å². The van der Waals surface area contributed by atoms with E-state index in [1.807, 2.05) is 11.2 Å². The lowest BCUT2D eigenvalue weighted by atomic mass is 10.1. The largest absolute Gasteiger partial charge is 0.432 e. The van der Waals surface area contributed by atoms with Gasteiger partial charge in [-0.25, -0.2) is 0 Å². The zero-order chi connectivity index (χ0) is 20.1. The summed E-state index contributed by atoms with van der Waals surface area (Å²) in [5.74, 6) is -0.798. The van der Waals surface area contributed by atoms with E-state index in [4.69, 9.17) is 0 Å². The Bertz CT molecular complexity index is 795. The number of nitrogens with one attached hydrogen (secondary N) is 3. The van der Waals surface area contributed by atoms with Gasteiger partial charge in [0.25, 0.3) is 5.91 Å². The second-order valence-electron chi connectivity index (χ2n) is 6.47. The lowest BCUT2D eigenvalue weighted by molar-refractivity contribution is -0.141. The van der Waals surface area contributed by atoms with E-state index >= 15 is 0 Å². The molecule has 0 fully saturated rings. The summed E-state index contributed by atoms with van der Waals surface area (Å²) in [5, 5.41) is 20.4. The first-order valence-corrected chi connectivity index (χ1v) is 8.04. The third-order valence-electron chi connectivity index (χ3n) is 3.25. The van der Waals surface area contributed by atoms with Crippen molar-refractivity contribution in [2.24, 2.45) is 4.99 Å². The van der Waals surface area contributed by atoms with E-state index in [-0.39, 0.29) is 24.7 Å². The molecular formula is C17H20F3N5O2. The van der Waals surface area contributed by atoms with E-state index < -0.39 is 23.4 Å². The molecule has 0 aliphatic rings. The van der Waals surface area contributed by atoms with Crippen LogP contribution in [-0.2, 0) is 17.4 Å². The van der Waals surface area contributed by atoms with E-state index in [0.29, 0.717) is 0 Å². The smallest absolute Gasteiger partial charge is 0.389 e. The van der Waals surface area contributed by atoms with Gasteiger partial charge in [0.1, 0.15) is 5.69 Å². The maximum absolute atomic E-state index is 12.7. The van der Waals surface area contributed by atoms with Crippen molar-refractivity contribution in [1.29, 1.82) is 0 Å². The van der Waals surface area contributed by atoms with Crippen LogP contribution in [-0.4, -0.2) is 39.3 Å². The fraction of sp³-hybridized carbons (Fsp3) is 0.353. The van der Waals surface area contributed by atoms with E-state index in [2.05, 4.69) is 20.7 Å². The highest BCUT2D eigenvalue weighted by molar-refractivity contribution is 6.01.